The van der Waals surface area contributed by atoms with E-state index in [0.717, 1.165) is 12.8 Å². The lowest BCUT2D eigenvalue weighted by molar-refractivity contribution is -0.0515. The number of amides is 2. The summed E-state index contributed by atoms with van der Waals surface area (Å²) >= 11 is 0. The number of aromatic nitrogens is 1. The second-order valence-corrected chi connectivity index (χ2v) is 8.41. The number of alkyl halides is 2. The Labute approximate surface area is 209 Å². The van der Waals surface area contributed by atoms with E-state index in [1.54, 1.807) is 0 Å². The van der Waals surface area contributed by atoms with E-state index in [1.165, 1.54) is 49.4 Å². The molecule has 1 saturated carbocycles. The van der Waals surface area contributed by atoms with E-state index in [0.29, 0.717) is 23.7 Å². The Morgan fingerprint density at radius 3 is 2.54 bits per heavy atom. The summed E-state index contributed by atoms with van der Waals surface area (Å²) in [5.41, 5.74) is 5.87. The molecule has 3 N–H and O–H groups in total. The van der Waals surface area contributed by atoms with Crippen molar-refractivity contribution in [3.8, 4) is 23.0 Å². The highest BCUT2D eigenvalue weighted by Gasteiger charge is 2.28. The predicted molar refractivity (Wildman–Crippen MR) is 123 cm³/mol. The van der Waals surface area contributed by atoms with Gasteiger partial charge in [0.05, 0.1) is 6.61 Å². The third-order valence-corrected chi connectivity index (χ3v) is 5.48. The second kappa shape index (κ2) is 11.2. The van der Waals surface area contributed by atoms with Gasteiger partial charge in [-0.25, -0.2) is 14.2 Å². The average molecular weight is 519 g/mol. The topological polar surface area (TPSA) is 126 Å². The van der Waals surface area contributed by atoms with E-state index in [9.17, 15) is 22.8 Å². The third kappa shape index (κ3) is 6.93. The van der Waals surface area contributed by atoms with Gasteiger partial charge in [0.2, 0.25) is 5.89 Å². The number of nitrogens with one attached hydrogen (secondary N) is 1. The summed E-state index contributed by atoms with van der Waals surface area (Å²) in [6.45, 7) is -1.22. The molecule has 1 unspecified atom stereocenters. The van der Waals surface area contributed by atoms with Crippen molar-refractivity contribution < 1.29 is 41.4 Å². The minimum Gasteiger partial charge on any atom is -0.489 e. The predicted octanol–water partition coefficient (Wildman–Crippen LogP) is 4.96. The van der Waals surface area contributed by atoms with Crippen molar-refractivity contribution >= 4 is 12.0 Å². The van der Waals surface area contributed by atoms with Gasteiger partial charge >= 0.3 is 12.7 Å². The van der Waals surface area contributed by atoms with Crippen LogP contribution in [0.5, 0.6) is 11.5 Å². The molecule has 1 fully saturated rings. The normalized spacial score (nSPS) is 13.8. The summed E-state index contributed by atoms with van der Waals surface area (Å²) in [7, 11) is 0. The Morgan fingerprint density at radius 2 is 1.89 bits per heavy atom. The maximum Gasteiger partial charge on any atom is 0.405 e. The van der Waals surface area contributed by atoms with E-state index in [1.807, 2.05) is 0 Å². The number of hydrogen-bond donors (Lipinski definition) is 2. The Kier molecular flexibility index (Phi) is 7.85. The molecule has 3 aromatic rings. The molecule has 196 valence electrons. The first-order valence-corrected chi connectivity index (χ1v) is 11.4. The summed E-state index contributed by atoms with van der Waals surface area (Å²) in [4.78, 5) is 28.5. The van der Waals surface area contributed by atoms with E-state index < -0.39 is 30.5 Å². The van der Waals surface area contributed by atoms with Crippen molar-refractivity contribution in [1.82, 2.24) is 10.3 Å². The molecule has 1 atom stereocenters. The zero-order chi connectivity index (χ0) is 26.5. The second-order valence-electron chi connectivity index (χ2n) is 8.41. The molecular formula is C25H24F3N3O6. The van der Waals surface area contributed by atoms with Gasteiger partial charge in [0.15, 0.2) is 29.1 Å². The van der Waals surface area contributed by atoms with Gasteiger partial charge < -0.3 is 29.7 Å². The number of benzene rings is 2. The first-order valence-electron chi connectivity index (χ1n) is 11.4. The molecule has 0 bridgehead atoms. The SMILES string of the molecule is CC(OC(N)=O)c1oc(-c2ccc(OC(F)F)c(OCC3CC3)c2)nc1C(=O)NCc1ccc(F)cc1. The molecule has 12 heteroatoms. The van der Waals surface area contributed by atoms with Crippen LogP contribution < -0.4 is 20.5 Å². The monoisotopic (exact) mass is 519 g/mol. The molecule has 1 aromatic heterocycles. The minimum absolute atomic E-state index is 0.0540. The van der Waals surface area contributed by atoms with Crippen LogP contribution in [0.25, 0.3) is 11.5 Å². The van der Waals surface area contributed by atoms with Crippen molar-refractivity contribution in [2.45, 2.75) is 39.0 Å². The Bertz CT molecular complexity index is 1260. The highest BCUT2D eigenvalue weighted by atomic mass is 19.3. The number of hydrogen-bond acceptors (Lipinski definition) is 7. The van der Waals surface area contributed by atoms with Gasteiger partial charge in [-0.05, 0) is 61.6 Å². The molecule has 37 heavy (non-hydrogen) atoms. The summed E-state index contributed by atoms with van der Waals surface area (Å²) in [5, 5.41) is 2.65. The summed E-state index contributed by atoms with van der Waals surface area (Å²) < 4.78 is 59.9. The molecular weight excluding hydrogens is 495 g/mol. The van der Waals surface area contributed by atoms with Crippen LogP contribution in [-0.4, -0.2) is 30.2 Å². The number of carbonyl (C=O) groups is 2. The number of nitrogens with zero attached hydrogens (tertiary/aromatic N) is 1. The average Bonchev–Trinajstić information content (AvgIpc) is 3.57. The maximum absolute atomic E-state index is 13.2. The summed E-state index contributed by atoms with van der Waals surface area (Å²) in [5.74, 6) is -0.958. The van der Waals surface area contributed by atoms with Crippen molar-refractivity contribution in [3.05, 3.63) is 65.3 Å². The van der Waals surface area contributed by atoms with E-state index >= 15 is 0 Å². The van der Waals surface area contributed by atoms with Crippen LogP contribution in [0.4, 0.5) is 18.0 Å². The van der Waals surface area contributed by atoms with Gasteiger partial charge in [-0.2, -0.15) is 8.78 Å². The van der Waals surface area contributed by atoms with Crippen LogP contribution in [0.15, 0.2) is 46.9 Å². The van der Waals surface area contributed by atoms with Crippen LogP contribution in [0.3, 0.4) is 0 Å². The molecule has 0 aliphatic heterocycles. The molecule has 9 nitrogen and oxygen atoms in total. The first kappa shape index (κ1) is 25.9. The molecule has 2 aromatic carbocycles. The van der Waals surface area contributed by atoms with Gasteiger partial charge in [0.25, 0.3) is 5.91 Å². The number of rotatable bonds is 11. The lowest BCUT2D eigenvalue weighted by Crippen LogP contribution is -2.25. The number of ether oxygens (including phenoxy) is 3. The fraction of sp³-hybridized carbons (Fsp3) is 0.320. The standard InChI is InChI=1S/C25H24F3N3O6/c1-13(35-25(29)33)21-20(22(32)30-11-14-4-7-17(26)8-5-14)31-23(37-21)16-6-9-18(36-24(27)28)19(10-16)34-12-15-2-3-15/h4-10,13,15,24H,2-3,11-12H2,1H3,(H2,29,33)(H,30,32). The van der Waals surface area contributed by atoms with Gasteiger partial charge in [0, 0.05) is 12.1 Å². The fourth-order valence-electron chi connectivity index (χ4n) is 3.43. The summed E-state index contributed by atoms with van der Waals surface area (Å²) in [6.07, 6.45) is -0.186. The smallest absolute Gasteiger partial charge is 0.405 e. The molecule has 0 radical (unpaired) electrons. The van der Waals surface area contributed by atoms with Crippen LogP contribution in [-0.2, 0) is 11.3 Å². The minimum atomic E-state index is -3.05. The third-order valence-electron chi connectivity index (χ3n) is 5.48. The van der Waals surface area contributed by atoms with Crippen molar-refractivity contribution in [2.75, 3.05) is 6.61 Å². The number of oxazole rings is 1. The molecule has 1 aliphatic rings. The van der Waals surface area contributed by atoms with Gasteiger partial charge in [0.1, 0.15) is 5.82 Å². The summed E-state index contributed by atoms with van der Waals surface area (Å²) in [6, 6.07) is 9.64. The number of halogens is 3. The van der Waals surface area contributed by atoms with Crippen LogP contribution in [0.2, 0.25) is 0 Å². The highest BCUT2D eigenvalue weighted by molar-refractivity contribution is 5.94. The zero-order valence-corrected chi connectivity index (χ0v) is 19.7. The van der Waals surface area contributed by atoms with Crippen molar-refractivity contribution in [1.29, 1.82) is 0 Å². The molecule has 2 amide bonds. The van der Waals surface area contributed by atoms with E-state index in [-0.39, 0.29) is 35.4 Å². The lowest BCUT2D eigenvalue weighted by Gasteiger charge is -2.13. The van der Waals surface area contributed by atoms with E-state index in [4.69, 9.17) is 19.6 Å². The lowest BCUT2D eigenvalue weighted by atomic mass is 10.2. The van der Waals surface area contributed by atoms with Gasteiger partial charge in [-0.1, -0.05) is 12.1 Å². The van der Waals surface area contributed by atoms with Crippen molar-refractivity contribution in [2.24, 2.45) is 11.7 Å². The van der Waals surface area contributed by atoms with Crippen LogP contribution >= 0.6 is 0 Å². The van der Waals surface area contributed by atoms with Gasteiger partial charge in [-0.3, -0.25) is 4.79 Å². The van der Waals surface area contributed by atoms with Crippen LogP contribution in [0, 0.1) is 11.7 Å². The van der Waals surface area contributed by atoms with E-state index in [2.05, 4.69) is 15.0 Å². The Morgan fingerprint density at radius 1 is 1.16 bits per heavy atom. The number of carbonyl (C=O) groups excluding carboxylic acids is 2. The molecule has 4 rings (SSSR count). The largest absolute Gasteiger partial charge is 0.489 e. The molecule has 1 aliphatic carbocycles. The zero-order valence-electron chi connectivity index (χ0n) is 19.7. The molecule has 0 saturated heterocycles. The first-order chi connectivity index (χ1) is 17.7. The Hall–Kier alpha value is -4.22. The quantitative estimate of drug-likeness (QED) is 0.367. The fourth-order valence-corrected chi connectivity index (χ4v) is 3.43. The Balaban J connectivity index is 1.62. The van der Waals surface area contributed by atoms with Crippen molar-refractivity contribution in [3.63, 3.8) is 0 Å². The van der Waals surface area contributed by atoms with Crippen LogP contribution in [0.1, 0.15) is 47.7 Å². The highest BCUT2D eigenvalue weighted by Crippen LogP contribution is 2.37. The maximum atomic E-state index is 13.2. The molecule has 0 spiro atoms. The van der Waals surface area contributed by atoms with Gasteiger partial charge in [-0.15, -0.1) is 0 Å². The number of nitrogens with two attached hydrogens (primary N) is 1. The number of primary amides is 1. The molecule has 1 heterocycles.